The van der Waals surface area contributed by atoms with Crippen LogP contribution in [0.4, 0.5) is 27.8 Å². The van der Waals surface area contributed by atoms with Crippen molar-refractivity contribution in [2.45, 2.75) is 30.5 Å². The molecule has 0 saturated heterocycles. The highest BCUT2D eigenvalue weighted by Gasteiger charge is 2.60. The van der Waals surface area contributed by atoms with Crippen LogP contribution in [-0.4, -0.2) is 38.4 Å². The number of nitrogens with one attached hydrogen (secondary N) is 1. The van der Waals surface area contributed by atoms with E-state index in [1.807, 2.05) is 0 Å². The van der Waals surface area contributed by atoms with Crippen molar-refractivity contribution >= 4 is 33.0 Å². The molecule has 29 heavy (non-hydrogen) atoms. The standard InChI is InChI=1S/C16H15F5N2O4S2/c1-3-29(25,26)10-5-4-6-22-13(10)23-8-9-7-11(15(17,18)16(19,20)21)28-12(9)14(24)27-2/h4-7H,3,8H2,1-2H3,(H,22,23). The number of esters is 1. The number of aromatic nitrogens is 1. The first-order chi connectivity index (χ1) is 13.3. The number of rotatable bonds is 7. The van der Waals surface area contributed by atoms with E-state index >= 15 is 0 Å². The molecule has 0 unspecified atom stereocenters. The van der Waals surface area contributed by atoms with E-state index < -0.39 is 44.2 Å². The molecule has 2 aromatic heterocycles. The molecule has 160 valence electrons. The summed E-state index contributed by atoms with van der Waals surface area (Å²) in [5.74, 6) is -6.62. The number of thiophene rings is 1. The van der Waals surface area contributed by atoms with Crippen molar-refractivity contribution in [1.29, 1.82) is 0 Å². The largest absolute Gasteiger partial charge is 0.465 e. The molecule has 0 aliphatic heterocycles. The molecule has 0 spiro atoms. The molecule has 0 atom stereocenters. The van der Waals surface area contributed by atoms with Gasteiger partial charge in [-0.2, -0.15) is 22.0 Å². The van der Waals surface area contributed by atoms with Crippen LogP contribution in [0.3, 0.4) is 0 Å². The first-order valence-electron chi connectivity index (χ1n) is 7.92. The summed E-state index contributed by atoms with van der Waals surface area (Å²) in [6, 6.07) is 3.18. The number of hydrogen-bond acceptors (Lipinski definition) is 7. The van der Waals surface area contributed by atoms with Crippen LogP contribution in [0.1, 0.15) is 27.0 Å². The van der Waals surface area contributed by atoms with Crippen molar-refractivity contribution in [3.63, 3.8) is 0 Å². The zero-order chi connectivity index (χ0) is 22.0. The maximum absolute atomic E-state index is 13.7. The fraction of sp³-hybridized carbons (Fsp3) is 0.375. The van der Waals surface area contributed by atoms with Crippen LogP contribution in [0.2, 0.25) is 0 Å². The van der Waals surface area contributed by atoms with Gasteiger partial charge in [0.15, 0.2) is 9.84 Å². The maximum atomic E-state index is 13.7. The van der Waals surface area contributed by atoms with Crippen molar-refractivity contribution in [2.24, 2.45) is 0 Å². The Bertz CT molecular complexity index is 1000. The summed E-state index contributed by atoms with van der Waals surface area (Å²) in [5.41, 5.74) is -0.216. The summed E-state index contributed by atoms with van der Waals surface area (Å²) in [4.78, 5) is 13.7. The van der Waals surface area contributed by atoms with Crippen LogP contribution in [-0.2, 0) is 27.0 Å². The molecule has 0 amide bonds. The first kappa shape index (κ1) is 23.0. The number of alkyl halides is 5. The lowest BCUT2D eigenvalue weighted by molar-refractivity contribution is -0.287. The number of methoxy groups -OCH3 is 1. The van der Waals surface area contributed by atoms with Crippen molar-refractivity contribution in [3.05, 3.63) is 39.7 Å². The molecule has 2 heterocycles. The zero-order valence-corrected chi connectivity index (χ0v) is 16.6. The second kappa shape index (κ2) is 8.22. The smallest absolute Gasteiger partial charge is 0.458 e. The molecule has 0 saturated carbocycles. The van der Waals surface area contributed by atoms with Crippen molar-refractivity contribution in [2.75, 3.05) is 18.2 Å². The van der Waals surface area contributed by atoms with Crippen LogP contribution >= 0.6 is 11.3 Å². The van der Waals surface area contributed by atoms with Crippen molar-refractivity contribution in [1.82, 2.24) is 4.98 Å². The summed E-state index contributed by atoms with van der Waals surface area (Å²) in [7, 11) is -2.73. The number of nitrogens with zero attached hydrogens (tertiary/aromatic N) is 1. The Morgan fingerprint density at radius 2 is 1.93 bits per heavy atom. The van der Waals surface area contributed by atoms with Crippen LogP contribution < -0.4 is 5.32 Å². The molecule has 0 bridgehead atoms. The normalized spacial score (nSPS) is 12.7. The minimum absolute atomic E-state index is 0.0478. The Hall–Kier alpha value is -2.28. The predicted molar refractivity (Wildman–Crippen MR) is 94.9 cm³/mol. The van der Waals surface area contributed by atoms with Gasteiger partial charge in [0, 0.05) is 12.7 Å². The van der Waals surface area contributed by atoms with E-state index in [0.29, 0.717) is 6.07 Å². The number of pyridine rings is 1. The van der Waals surface area contributed by atoms with Crippen LogP contribution in [0.25, 0.3) is 0 Å². The van der Waals surface area contributed by atoms with Gasteiger partial charge in [-0.15, -0.1) is 11.3 Å². The number of sulfone groups is 1. The highest BCUT2D eigenvalue weighted by molar-refractivity contribution is 7.91. The van der Waals surface area contributed by atoms with Gasteiger partial charge in [-0.1, -0.05) is 6.92 Å². The van der Waals surface area contributed by atoms with Gasteiger partial charge in [-0.25, -0.2) is 18.2 Å². The van der Waals surface area contributed by atoms with Gasteiger partial charge in [0.05, 0.1) is 17.7 Å². The van der Waals surface area contributed by atoms with Crippen molar-refractivity contribution in [3.8, 4) is 0 Å². The number of hydrogen-bond donors (Lipinski definition) is 1. The molecule has 0 aromatic carbocycles. The minimum Gasteiger partial charge on any atom is -0.465 e. The van der Waals surface area contributed by atoms with Gasteiger partial charge >= 0.3 is 18.1 Å². The maximum Gasteiger partial charge on any atom is 0.458 e. The lowest BCUT2D eigenvalue weighted by Crippen LogP contribution is -2.32. The highest BCUT2D eigenvalue weighted by Crippen LogP contribution is 2.47. The summed E-state index contributed by atoms with van der Waals surface area (Å²) in [6.45, 7) is 0.976. The van der Waals surface area contributed by atoms with E-state index in [2.05, 4.69) is 15.0 Å². The van der Waals surface area contributed by atoms with Crippen LogP contribution in [0.5, 0.6) is 0 Å². The number of anilines is 1. The molecule has 6 nitrogen and oxygen atoms in total. The number of carbonyl (C=O) groups excluding carboxylic acids is 1. The Morgan fingerprint density at radius 3 is 2.48 bits per heavy atom. The van der Waals surface area contributed by atoms with E-state index in [1.165, 1.54) is 25.3 Å². The molecule has 13 heteroatoms. The number of carbonyl (C=O) groups is 1. The molecule has 0 aliphatic rings. The van der Waals surface area contributed by atoms with Gasteiger partial charge in [-0.3, -0.25) is 0 Å². The molecule has 2 aromatic rings. The van der Waals surface area contributed by atoms with Gasteiger partial charge in [0.1, 0.15) is 15.6 Å². The third-order valence-corrected chi connectivity index (χ3v) is 6.76. The average molecular weight is 458 g/mol. The predicted octanol–water partition coefficient (Wildman–Crippen LogP) is 3.99. The molecule has 2 rings (SSSR count). The monoisotopic (exact) mass is 458 g/mol. The van der Waals surface area contributed by atoms with E-state index in [-0.39, 0.29) is 33.4 Å². The summed E-state index contributed by atoms with van der Waals surface area (Å²) in [5, 5.41) is 2.58. The Labute approximate surface area is 166 Å². The Morgan fingerprint density at radius 1 is 1.28 bits per heavy atom. The van der Waals surface area contributed by atoms with Crippen molar-refractivity contribution < 1.29 is 39.9 Å². The van der Waals surface area contributed by atoms with Crippen LogP contribution in [0, 0.1) is 0 Å². The second-order valence-corrected chi connectivity index (χ2v) is 8.93. The third-order valence-electron chi connectivity index (χ3n) is 3.78. The minimum atomic E-state index is -5.85. The quantitative estimate of drug-likeness (QED) is 0.499. The topological polar surface area (TPSA) is 85.4 Å². The third kappa shape index (κ3) is 4.66. The SMILES string of the molecule is CCS(=O)(=O)c1cccnc1NCc1cc(C(F)(F)C(F)(F)F)sc1C(=O)OC. The molecule has 1 N–H and O–H groups in total. The van der Waals surface area contributed by atoms with E-state index in [9.17, 15) is 35.2 Å². The molecule has 0 radical (unpaired) electrons. The van der Waals surface area contributed by atoms with Gasteiger partial charge in [-0.05, 0) is 23.8 Å². The van der Waals surface area contributed by atoms with E-state index in [1.54, 1.807) is 0 Å². The summed E-state index contributed by atoms with van der Waals surface area (Å²) >= 11 is -0.0478. The number of ether oxygens (including phenoxy) is 1. The zero-order valence-electron chi connectivity index (χ0n) is 15.0. The van der Waals surface area contributed by atoms with Gasteiger partial charge in [0.25, 0.3) is 0 Å². The average Bonchev–Trinajstić information content (AvgIpc) is 3.10. The summed E-state index contributed by atoms with van der Waals surface area (Å²) in [6.07, 6.45) is -4.58. The van der Waals surface area contributed by atoms with E-state index in [0.717, 1.165) is 7.11 Å². The van der Waals surface area contributed by atoms with Gasteiger partial charge < -0.3 is 10.1 Å². The lowest BCUT2D eigenvalue weighted by atomic mass is 10.2. The Balaban J connectivity index is 2.43. The molecular weight excluding hydrogens is 443 g/mol. The first-order valence-corrected chi connectivity index (χ1v) is 10.4. The summed E-state index contributed by atoms with van der Waals surface area (Å²) < 4.78 is 94.0. The lowest BCUT2D eigenvalue weighted by Gasteiger charge is -2.17. The van der Waals surface area contributed by atoms with E-state index in [4.69, 9.17) is 0 Å². The number of halogens is 5. The fourth-order valence-electron chi connectivity index (χ4n) is 2.23. The van der Waals surface area contributed by atoms with Crippen LogP contribution in [0.15, 0.2) is 29.3 Å². The second-order valence-electron chi connectivity index (χ2n) is 5.64. The fourth-order valence-corrected chi connectivity index (χ4v) is 4.34. The molecule has 0 aliphatic carbocycles. The molecule has 0 fully saturated rings. The molecular formula is C16H15F5N2O4S2. The van der Waals surface area contributed by atoms with Gasteiger partial charge in [0.2, 0.25) is 0 Å². The Kier molecular flexibility index (Phi) is 6.52. The highest BCUT2D eigenvalue weighted by atomic mass is 32.2.